The SMILES string of the molecule is c1ccc(C2(c3ccccc3)c3ccccc3-c3ccc(-c4ccc(N(c5ccc(-c6ccc7c(c6)C(c6ccccc6)(c6ccccc6)c6ccccc6-7)cc5)c5ccc(-c6ccc7sccc7c6)c6ccccc56)cc4)cc32)cc1. The highest BCUT2D eigenvalue weighted by Crippen LogP contribution is 2.59. The van der Waals surface area contributed by atoms with E-state index in [1.165, 1.54) is 110 Å². The number of hydrogen-bond donors (Lipinski definition) is 0. The first-order valence-corrected chi connectivity index (χ1v) is 29.3. The summed E-state index contributed by atoms with van der Waals surface area (Å²) in [6.07, 6.45) is 0. The molecule has 0 aliphatic heterocycles. The van der Waals surface area contributed by atoms with Gasteiger partial charge in [-0.25, -0.2) is 0 Å². The smallest absolute Gasteiger partial charge is 0.0713 e. The minimum atomic E-state index is -0.478. The molecule has 0 atom stereocenters. The number of nitrogens with zero attached hydrogens (tertiary/aromatic N) is 1. The highest BCUT2D eigenvalue weighted by atomic mass is 32.1. The molecule has 0 saturated heterocycles. The molecular weight excluding hydrogens is 1010 g/mol. The van der Waals surface area contributed by atoms with Gasteiger partial charge in [0.25, 0.3) is 0 Å². The second-order valence-electron chi connectivity index (χ2n) is 21.9. The lowest BCUT2D eigenvalue weighted by molar-refractivity contribution is 0.769. The van der Waals surface area contributed by atoms with Crippen LogP contribution in [-0.2, 0) is 10.8 Å². The van der Waals surface area contributed by atoms with Gasteiger partial charge in [0.15, 0.2) is 0 Å². The van der Waals surface area contributed by atoms with Crippen molar-refractivity contribution in [3.05, 3.63) is 365 Å². The van der Waals surface area contributed by atoms with Crippen molar-refractivity contribution in [2.24, 2.45) is 0 Å². The van der Waals surface area contributed by atoms with Gasteiger partial charge in [-0.1, -0.05) is 255 Å². The third-order valence-corrected chi connectivity index (χ3v) is 18.6. The zero-order chi connectivity index (χ0) is 54.2. The van der Waals surface area contributed by atoms with Gasteiger partial charge in [-0.05, 0) is 177 Å². The highest BCUT2D eigenvalue weighted by Gasteiger charge is 2.47. The van der Waals surface area contributed by atoms with Crippen molar-refractivity contribution >= 4 is 49.3 Å². The standard InChI is InChI=1S/C80H53NS/c1-5-19-60(20-6-1)79(61-21-7-2-8-22-61)73-31-17-15-28-68(73)70-44-37-56(52-75(70)79)54-33-40-64(41-34-54)81(77-47-46-66(67-27-13-14-30-72(67)77)58-39-48-78-59(51-58)49-50-82-78)65-42-35-55(36-43-65)57-38-45-71-69-29-16-18-32-74(69)80(76(71)53-57,62-23-9-3-10-24-62)63-25-11-4-12-26-63/h1-53H. The molecule has 0 saturated carbocycles. The summed E-state index contributed by atoms with van der Waals surface area (Å²) in [4.78, 5) is 2.45. The lowest BCUT2D eigenvalue weighted by Crippen LogP contribution is -2.28. The second-order valence-corrected chi connectivity index (χ2v) is 22.8. The topological polar surface area (TPSA) is 3.24 Å². The Morgan fingerprint density at radius 2 is 0.646 bits per heavy atom. The zero-order valence-corrected chi connectivity index (χ0v) is 45.8. The van der Waals surface area contributed by atoms with Crippen LogP contribution in [0.2, 0.25) is 0 Å². The van der Waals surface area contributed by atoms with Gasteiger partial charge in [0.05, 0.1) is 16.5 Å². The van der Waals surface area contributed by atoms with Gasteiger partial charge in [-0.2, -0.15) is 0 Å². The molecule has 0 bridgehead atoms. The van der Waals surface area contributed by atoms with Crippen molar-refractivity contribution in [2.75, 3.05) is 4.90 Å². The molecule has 0 spiro atoms. The van der Waals surface area contributed by atoms with Gasteiger partial charge < -0.3 is 4.90 Å². The van der Waals surface area contributed by atoms with E-state index in [0.717, 1.165) is 28.2 Å². The third-order valence-electron chi connectivity index (χ3n) is 17.7. The molecule has 384 valence electrons. The molecular formula is C80H53NS. The van der Waals surface area contributed by atoms with Crippen molar-refractivity contribution < 1.29 is 0 Å². The molecule has 14 aromatic rings. The predicted octanol–water partition coefficient (Wildman–Crippen LogP) is 21.3. The van der Waals surface area contributed by atoms with Crippen LogP contribution in [0, 0.1) is 0 Å². The minimum Gasteiger partial charge on any atom is -0.310 e. The van der Waals surface area contributed by atoms with E-state index < -0.39 is 10.8 Å². The molecule has 2 aliphatic carbocycles. The summed E-state index contributed by atoms with van der Waals surface area (Å²) in [5.41, 5.74) is 24.9. The maximum absolute atomic E-state index is 2.46. The summed E-state index contributed by atoms with van der Waals surface area (Å²) in [5.74, 6) is 0. The number of benzene rings is 13. The van der Waals surface area contributed by atoms with E-state index in [0.29, 0.717) is 0 Å². The summed E-state index contributed by atoms with van der Waals surface area (Å²) in [6, 6.07) is 118. The van der Waals surface area contributed by atoms with Crippen LogP contribution in [0.5, 0.6) is 0 Å². The monoisotopic (exact) mass is 1060 g/mol. The molecule has 13 aromatic carbocycles. The Kier molecular flexibility index (Phi) is 11.3. The Labute approximate surface area is 483 Å². The van der Waals surface area contributed by atoms with Crippen molar-refractivity contribution in [2.45, 2.75) is 10.8 Å². The fourth-order valence-corrected chi connectivity index (χ4v) is 14.9. The molecule has 2 aliphatic rings. The molecule has 0 unspecified atom stereocenters. The summed E-state index contributed by atoms with van der Waals surface area (Å²) in [5, 5.41) is 5.86. The summed E-state index contributed by atoms with van der Waals surface area (Å²) in [7, 11) is 0. The van der Waals surface area contributed by atoms with Gasteiger partial charge in [0.2, 0.25) is 0 Å². The minimum absolute atomic E-state index is 0.478. The molecule has 0 fully saturated rings. The Morgan fingerprint density at radius 1 is 0.256 bits per heavy atom. The Morgan fingerprint density at radius 3 is 1.13 bits per heavy atom. The van der Waals surface area contributed by atoms with E-state index in [1.54, 1.807) is 11.3 Å². The molecule has 2 heteroatoms. The predicted molar refractivity (Wildman–Crippen MR) is 345 cm³/mol. The molecule has 0 radical (unpaired) electrons. The average Bonchev–Trinajstić information content (AvgIpc) is 4.42. The number of fused-ring (bicyclic) bond motifs is 8. The third kappa shape index (κ3) is 7.32. The normalized spacial score (nSPS) is 13.3. The van der Waals surface area contributed by atoms with E-state index in [4.69, 9.17) is 0 Å². The quantitative estimate of drug-likeness (QED) is 0.132. The Hall–Kier alpha value is -10.1. The number of anilines is 3. The molecule has 0 N–H and O–H groups in total. The summed E-state index contributed by atoms with van der Waals surface area (Å²) >= 11 is 1.79. The van der Waals surface area contributed by atoms with Crippen LogP contribution in [0.3, 0.4) is 0 Å². The van der Waals surface area contributed by atoms with Crippen LogP contribution in [0.1, 0.15) is 44.5 Å². The first-order chi connectivity index (χ1) is 40.7. The van der Waals surface area contributed by atoms with Gasteiger partial charge >= 0.3 is 0 Å². The van der Waals surface area contributed by atoms with Crippen LogP contribution in [0.25, 0.3) is 76.5 Å². The van der Waals surface area contributed by atoms with E-state index >= 15 is 0 Å². The molecule has 0 amide bonds. The van der Waals surface area contributed by atoms with Crippen molar-refractivity contribution in [1.82, 2.24) is 0 Å². The fraction of sp³-hybridized carbons (Fsp3) is 0.0250. The number of rotatable bonds is 10. The average molecular weight is 1060 g/mol. The fourth-order valence-electron chi connectivity index (χ4n) is 14.1. The summed E-state index contributed by atoms with van der Waals surface area (Å²) in [6.45, 7) is 0. The van der Waals surface area contributed by atoms with Gasteiger partial charge in [-0.3, -0.25) is 0 Å². The maximum Gasteiger partial charge on any atom is 0.0713 e. The van der Waals surface area contributed by atoms with Crippen molar-refractivity contribution in [3.8, 4) is 55.6 Å². The van der Waals surface area contributed by atoms with E-state index in [-0.39, 0.29) is 0 Å². The first-order valence-electron chi connectivity index (χ1n) is 28.4. The van der Waals surface area contributed by atoms with Crippen LogP contribution in [0.4, 0.5) is 17.1 Å². The van der Waals surface area contributed by atoms with Crippen LogP contribution >= 0.6 is 11.3 Å². The Bertz CT molecular complexity index is 4410. The lowest BCUT2D eigenvalue weighted by atomic mass is 9.67. The van der Waals surface area contributed by atoms with Crippen molar-refractivity contribution in [1.29, 1.82) is 0 Å². The van der Waals surface area contributed by atoms with E-state index in [2.05, 4.69) is 326 Å². The second kappa shape index (κ2) is 19.3. The maximum atomic E-state index is 2.46. The first kappa shape index (κ1) is 47.8. The molecule has 1 heterocycles. The highest BCUT2D eigenvalue weighted by molar-refractivity contribution is 7.17. The number of hydrogen-bond acceptors (Lipinski definition) is 2. The van der Waals surface area contributed by atoms with Crippen LogP contribution in [-0.4, -0.2) is 0 Å². The van der Waals surface area contributed by atoms with Crippen LogP contribution in [0.15, 0.2) is 321 Å². The van der Waals surface area contributed by atoms with E-state index in [1.807, 2.05) is 0 Å². The number of thiophene rings is 1. The van der Waals surface area contributed by atoms with Gasteiger partial charge in [-0.15, -0.1) is 11.3 Å². The van der Waals surface area contributed by atoms with Crippen molar-refractivity contribution in [3.63, 3.8) is 0 Å². The largest absolute Gasteiger partial charge is 0.310 e. The van der Waals surface area contributed by atoms with Crippen LogP contribution < -0.4 is 4.90 Å². The van der Waals surface area contributed by atoms with Gasteiger partial charge in [0, 0.05) is 21.5 Å². The Balaban J connectivity index is 0.832. The van der Waals surface area contributed by atoms with E-state index in [9.17, 15) is 0 Å². The lowest BCUT2D eigenvalue weighted by Gasteiger charge is -2.34. The van der Waals surface area contributed by atoms with Gasteiger partial charge in [0.1, 0.15) is 0 Å². The zero-order valence-electron chi connectivity index (χ0n) is 45.0. The molecule has 1 nitrogen and oxygen atoms in total. The molecule has 1 aromatic heterocycles. The molecule has 82 heavy (non-hydrogen) atoms. The summed E-state index contributed by atoms with van der Waals surface area (Å²) < 4.78 is 1.30. The molecule has 16 rings (SSSR count).